The fraction of sp³-hybridized carbons (Fsp3) is 0.538. The summed E-state index contributed by atoms with van der Waals surface area (Å²) in [4.78, 5) is 33.8. The number of methoxy groups -OCH3 is 1. The van der Waals surface area contributed by atoms with Crippen LogP contribution in [0.4, 0.5) is 11.8 Å². The van der Waals surface area contributed by atoms with Crippen LogP contribution in [0.5, 0.6) is 5.75 Å². The average Bonchev–Trinajstić information content (AvgIpc) is 3.26. The Morgan fingerprint density at radius 2 is 1.78 bits per heavy atom. The van der Waals surface area contributed by atoms with E-state index in [9.17, 15) is 4.79 Å². The molecule has 0 spiro atoms. The minimum atomic E-state index is -0.563. The van der Waals surface area contributed by atoms with E-state index in [-0.39, 0.29) is 11.8 Å². The highest BCUT2D eigenvalue weighted by Gasteiger charge is 2.38. The molecule has 1 amide bonds. The summed E-state index contributed by atoms with van der Waals surface area (Å²) in [5.41, 5.74) is 1.24. The van der Waals surface area contributed by atoms with Gasteiger partial charge in [-0.15, -0.1) is 0 Å². The zero-order valence-corrected chi connectivity index (χ0v) is 22.0. The number of hydrogen-bond acceptors (Lipinski definition) is 8. The number of imidazole rings is 1. The Morgan fingerprint density at radius 1 is 1.06 bits per heavy atom. The fourth-order valence-corrected chi connectivity index (χ4v) is 5.13. The number of ether oxygens (including phenoxy) is 1. The van der Waals surface area contributed by atoms with Crippen LogP contribution in [0.1, 0.15) is 33.4 Å². The summed E-state index contributed by atoms with van der Waals surface area (Å²) in [6.07, 6.45) is 5.54. The highest BCUT2D eigenvalue weighted by molar-refractivity contribution is 5.83. The van der Waals surface area contributed by atoms with Gasteiger partial charge in [0.05, 0.1) is 36.7 Å². The predicted molar refractivity (Wildman–Crippen MR) is 140 cm³/mol. The molecule has 10 heteroatoms. The average molecular weight is 493 g/mol. The van der Waals surface area contributed by atoms with Crippen molar-refractivity contribution in [2.75, 3.05) is 50.1 Å². The minimum Gasteiger partial charge on any atom is -0.491 e. The van der Waals surface area contributed by atoms with Gasteiger partial charge in [0.25, 0.3) is 0 Å². The molecule has 3 aromatic heterocycles. The lowest BCUT2D eigenvalue weighted by Gasteiger charge is -2.43. The maximum Gasteiger partial charge on any atom is 0.227 e. The van der Waals surface area contributed by atoms with Gasteiger partial charge in [0.1, 0.15) is 5.65 Å². The third-order valence-corrected chi connectivity index (χ3v) is 7.63. The molecule has 5 heterocycles. The van der Waals surface area contributed by atoms with Gasteiger partial charge in [0.15, 0.2) is 11.6 Å². The fourth-order valence-electron chi connectivity index (χ4n) is 5.13. The quantitative estimate of drug-likeness (QED) is 0.560. The number of fused-ring (bicyclic) bond motifs is 1. The molecule has 2 aliphatic heterocycles. The number of pyridine rings is 1. The Bertz CT molecular complexity index is 1240. The van der Waals surface area contributed by atoms with Crippen LogP contribution in [0.2, 0.25) is 0 Å². The first-order valence-corrected chi connectivity index (χ1v) is 12.6. The summed E-state index contributed by atoms with van der Waals surface area (Å²) in [5, 5.41) is 3.23. The molecule has 0 aliphatic carbocycles. The molecule has 2 fully saturated rings. The van der Waals surface area contributed by atoms with Gasteiger partial charge in [-0.1, -0.05) is 6.07 Å². The molecule has 0 unspecified atom stereocenters. The lowest BCUT2D eigenvalue weighted by molar-refractivity contribution is -0.127. The van der Waals surface area contributed by atoms with E-state index in [2.05, 4.69) is 50.9 Å². The van der Waals surface area contributed by atoms with Crippen LogP contribution in [0.3, 0.4) is 0 Å². The molecule has 0 aromatic carbocycles. The van der Waals surface area contributed by atoms with Crippen molar-refractivity contribution >= 4 is 23.3 Å². The molecular weight excluding hydrogens is 456 g/mol. The summed E-state index contributed by atoms with van der Waals surface area (Å²) in [6.45, 7) is 11.4. The zero-order valence-electron chi connectivity index (χ0n) is 22.0. The number of carbonyl (C=O) groups excluding carboxylic acids is 1. The molecule has 0 radical (unpaired) electrons. The van der Waals surface area contributed by atoms with Gasteiger partial charge in [0.2, 0.25) is 11.9 Å². The molecule has 3 aromatic rings. The Balaban J connectivity index is 1.27. The largest absolute Gasteiger partial charge is 0.491 e. The number of rotatable bonds is 6. The van der Waals surface area contributed by atoms with Crippen LogP contribution in [0.25, 0.3) is 5.65 Å². The first-order chi connectivity index (χ1) is 17.2. The summed E-state index contributed by atoms with van der Waals surface area (Å²) >= 11 is 0. The molecule has 2 saturated heterocycles. The smallest absolute Gasteiger partial charge is 0.227 e. The highest BCUT2D eigenvalue weighted by atomic mass is 16.5. The molecule has 36 heavy (non-hydrogen) atoms. The Hall–Kier alpha value is -3.40. The first kappa shape index (κ1) is 24.3. The molecule has 1 N–H and O–H groups in total. The minimum absolute atomic E-state index is 0.0251. The second-order valence-corrected chi connectivity index (χ2v) is 10.6. The van der Waals surface area contributed by atoms with Gasteiger partial charge >= 0.3 is 0 Å². The van der Waals surface area contributed by atoms with E-state index >= 15 is 0 Å². The van der Waals surface area contributed by atoms with Crippen LogP contribution in [0, 0.1) is 5.92 Å². The summed E-state index contributed by atoms with van der Waals surface area (Å²) in [5.74, 6) is 1.97. The normalized spacial score (nSPS) is 21.5. The van der Waals surface area contributed by atoms with Crippen LogP contribution < -0.4 is 19.9 Å². The van der Waals surface area contributed by atoms with Crippen molar-refractivity contribution in [1.29, 1.82) is 0 Å². The zero-order chi connectivity index (χ0) is 25.6. The SMILES string of the molecule is COc1cnc(N2C[C@@H](C)N(C)[C@@H](C)C2)nc1N1CC(C(=O)NC(C)(C)c2cnc3ccccn23)C1. The third-order valence-electron chi connectivity index (χ3n) is 7.63. The second-order valence-electron chi connectivity index (χ2n) is 10.6. The number of hydrogen-bond donors (Lipinski definition) is 1. The van der Waals surface area contributed by atoms with Crippen LogP contribution in [0.15, 0.2) is 36.8 Å². The van der Waals surface area contributed by atoms with Crippen molar-refractivity contribution in [3.63, 3.8) is 0 Å². The Morgan fingerprint density at radius 3 is 2.47 bits per heavy atom. The number of carbonyl (C=O) groups is 1. The van der Waals surface area contributed by atoms with E-state index in [0.717, 1.165) is 30.2 Å². The molecule has 10 nitrogen and oxygen atoms in total. The van der Waals surface area contributed by atoms with E-state index in [1.165, 1.54) is 0 Å². The maximum absolute atomic E-state index is 13.2. The van der Waals surface area contributed by atoms with Gasteiger partial charge in [-0.3, -0.25) is 9.69 Å². The lowest BCUT2D eigenvalue weighted by atomic mass is 9.95. The molecule has 5 rings (SSSR count). The second kappa shape index (κ2) is 9.24. The number of anilines is 2. The molecule has 2 aliphatic rings. The van der Waals surface area contributed by atoms with Crippen molar-refractivity contribution in [3.05, 3.63) is 42.5 Å². The number of nitrogens with zero attached hydrogens (tertiary/aromatic N) is 7. The molecule has 0 bridgehead atoms. The lowest BCUT2D eigenvalue weighted by Crippen LogP contribution is -2.57. The van der Waals surface area contributed by atoms with E-state index in [0.29, 0.717) is 36.9 Å². The number of nitrogens with one attached hydrogen (secondary N) is 1. The van der Waals surface area contributed by atoms with E-state index in [4.69, 9.17) is 9.72 Å². The highest BCUT2D eigenvalue weighted by Crippen LogP contribution is 2.33. The molecular formula is C26H36N8O2. The maximum atomic E-state index is 13.2. The van der Waals surface area contributed by atoms with Gasteiger partial charge in [0, 0.05) is 44.5 Å². The summed E-state index contributed by atoms with van der Waals surface area (Å²) in [6, 6.07) is 6.70. The van der Waals surface area contributed by atoms with Crippen molar-refractivity contribution in [1.82, 2.24) is 29.6 Å². The number of likely N-dealkylation sites (N-methyl/N-ethyl adjacent to an activating group) is 1. The summed E-state index contributed by atoms with van der Waals surface area (Å²) in [7, 11) is 3.79. The predicted octanol–water partition coefficient (Wildman–Crippen LogP) is 2.15. The Kier molecular flexibility index (Phi) is 6.23. The molecule has 0 saturated carbocycles. The number of amides is 1. The van der Waals surface area contributed by atoms with Gasteiger partial charge in [-0.2, -0.15) is 4.98 Å². The van der Waals surface area contributed by atoms with Crippen molar-refractivity contribution in [2.24, 2.45) is 5.92 Å². The topological polar surface area (TPSA) is 91.1 Å². The van der Waals surface area contributed by atoms with Crippen molar-refractivity contribution in [2.45, 2.75) is 45.3 Å². The van der Waals surface area contributed by atoms with Crippen LogP contribution in [-0.4, -0.2) is 82.6 Å². The molecule has 192 valence electrons. The number of piperazine rings is 1. The van der Waals surface area contributed by atoms with Gasteiger partial charge in [-0.05, 0) is 46.9 Å². The van der Waals surface area contributed by atoms with Crippen LogP contribution >= 0.6 is 0 Å². The van der Waals surface area contributed by atoms with E-state index in [1.54, 1.807) is 13.3 Å². The third kappa shape index (κ3) is 4.34. The van der Waals surface area contributed by atoms with Gasteiger partial charge in [-0.25, -0.2) is 9.97 Å². The van der Waals surface area contributed by atoms with E-state index in [1.807, 2.05) is 48.8 Å². The van der Waals surface area contributed by atoms with Gasteiger partial charge < -0.3 is 24.3 Å². The van der Waals surface area contributed by atoms with Crippen molar-refractivity contribution < 1.29 is 9.53 Å². The Labute approximate surface area is 212 Å². The first-order valence-electron chi connectivity index (χ1n) is 12.6. The summed E-state index contributed by atoms with van der Waals surface area (Å²) < 4.78 is 7.58. The van der Waals surface area contributed by atoms with Crippen molar-refractivity contribution in [3.8, 4) is 5.75 Å². The monoisotopic (exact) mass is 492 g/mol. The number of aromatic nitrogens is 4. The van der Waals surface area contributed by atoms with Crippen LogP contribution in [-0.2, 0) is 10.3 Å². The van der Waals surface area contributed by atoms with E-state index < -0.39 is 5.54 Å². The molecule has 2 atom stereocenters. The standard InChI is InChI=1S/C26H36N8O2/c1-17-13-33(14-18(2)31(17)5)25-28-11-20(36-6)23(29-25)32-15-19(16-32)24(35)30-26(3,4)21-12-27-22-9-7-8-10-34(21)22/h7-12,17-19H,13-16H2,1-6H3,(H,30,35)/t17-,18+.